The van der Waals surface area contributed by atoms with Crippen molar-refractivity contribution in [3.63, 3.8) is 0 Å². The molecule has 0 aliphatic rings. The lowest BCUT2D eigenvalue weighted by atomic mass is 10.2. The highest BCUT2D eigenvalue weighted by molar-refractivity contribution is 6.30. The van der Waals surface area contributed by atoms with E-state index >= 15 is 0 Å². The van der Waals surface area contributed by atoms with Crippen LogP contribution in [0.15, 0.2) is 48.5 Å². The molecule has 0 aliphatic heterocycles. The summed E-state index contributed by atoms with van der Waals surface area (Å²) in [6, 6.07) is 14.2. The molecular weight excluding hydrogens is 272 g/mol. The number of carbonyl (C=O) groups is 2. The average Bonchev–Trinajstić information content (AvgIpc) is 2.41. The Bertz CT molecular complexity index is 452. The third kappa shape index (κ3) is 7.49. The topological polar surface area (TPSA) is 34.1 Å². The van der Waals surface area contributed by atoms with Crippen molar-refractivity contribution in [1.82, 2.24) is 0 Å². The van der Waals surface area contributed by atoms with E-state index in [2.05, 4.69) is 0 Å². The van der Waals surface area contributed by atoms with Gasteiger partial charge < -0.3 is 0 Å². The summed E-state index contributed by atoms with van der Waals surface area (Å²) in [4.78, 5) is 20.2. The summed E-state index contributed by atoms with van der Waals surface area (Å²) in [5.74, 6) is 0. The summed E-state index contributed by atoms with van der Waals surface area (Å²) in [7, 11) is 0. The first-order chi connectivity index (χ1) is 8.65. The van der Waals surface area contributed by atoms with Crippen LogP contribution in [0.1, 0.15) is 41.1 Å². The predicted octanol–water partition coefficient (Wildman–Crippen LogP) is 5.23. The molecule has 0 fully saturated rings. The average molecular weight is 293 g/mol. The minimum absolute atomic E-state index is 0. The van der Waals surface area contributed by atoms with E-state index in [1.54, 1.807) is 24.3 Å². The van der Waals surface area contributed by atoms with Crippen molar-refractivity contribution < 1.29 is 9.59 Å². The molecule has 3 heteroatoms. The number of benzene rings is 2. The molecule has 0 saturated carbocycles. The maximum atomic E-state index is 10.1. The molecule has 0 spiro atoms. The second-order valence-electron chi connectivity index (χ2n) is 3.70. The van der Waals surface area contributed by atoms with Gasteiger partial charge in [0.15, 0.2) is 0 Å². The maximum Gasteiger partial charge on any atom is 0.150 e. The van der Waals surface area contributed by atoms with Gasteiger partial charge in [0.2, 0.25) is 0 Å². The molecule has 0 atom stereocenters. The standard InChI is InChI=1S/C8H8O.C7H5ClO.2CH4/c1-7-2-4-8(6-9)5-3-7;8-7-3-1-6(5-9)2-4-7;;/h2-6H,1H3;1-5H;2*1H4. The molecule has 0 heterocycles. The molecule has 20 heavy (non-hydrogen) atoms. The van der Waals surface area contributed by atoms with Crippen LogP contribution in [0.4, 0.5) is 0 Å². The van der Waals surface area contributed by atoms with Crippen molar-refractivity contribution in [3.8, 4) is 0 Å². The number of carbonyl (C=O) groups excluding carboxylic acids is 2. The molecule has 0 N–H and O–H groups in total. The van der Waals surface area contributed by atoms with Crippen LogP contribution in [0.3, 0.4) is 0 Å². The molecule has 0 saturated heterocycles. The fraction of sp³-hybridized carbons (Fsp3) is 0.176. The number of aryl methyl sites for hydroxylation is 1. The van der Waals surface area contributed by atoms with Crippen molar-refractivity contribution in [2.75, 3.05) is 0 Å². The number of hydrogen-bond donors (Lipinski definition) is 0. The van der Waals surface area contributed by atoms with Crippen molar-refractivity contribution in [3.05, 3.63) is 70.2 Å². The Labute approximate surface area is 126 Å². The fourth-order valence-electron chi connectivity index (χ4n) is 1.19. The third-order valence-corrected chi connectivity index (χ3v) is 2.47. The van der Waals surface area contributed by atoms with Crippen LogP contribution in [0.5, 0.6) is 0 Å². The fourth-order valence-corrected chi connectivity index (χ4v) is 1.31. The summed E-state index contributed by atoms with van der Waals surface area (Å²) in [5.41, 5.74) is 2.57. The van der Waals surface area contributed by atoms with E-state index in [1.165, 1.54) is 5.56 Å². The molecule has 0 radical (unpaired) electrons. The summed E-state index contributed by atoms with van der Waals surface area (Å²) < 4.78 is 0. The molecule has 2 rings (SSSR count). The van der Waals surface area contributed by atoms with Crippen LogP contribution >= 0.6 is 11.6 Å². The van der Waals surface area contributed by atoms with E-state index in [9.17, 15) is 9.59 Å². The first-order valence-electron chi connectivity index (χ1n) is 5.38. The zero-order valence-electron chi connectivity index (χ0n) is 9.97. The van der Waals surface area contributed by atoms with Crippen LogP contribution in [0.2, 0.25) is 5.02 Å². The van der Waals surface area contributed by atoms with Gasteiger partial charge in [0, 0.05) is 16.1 Å². The largest absolute Gasteiger partial charge is 0.298 e. The van der Waals surface area contributed by atoms with Crippen molar-refractivity contribution in [1.29, 1.82) is 0 Å². The number of halogens is 1. The Balaban J connectivity index is 0. The van der Waals surface area contributed by atoms with E-state index < -0.39 is 0 Å². The maximum absolute atomic E-state index is 10.1. The number of rotatable bonds is 2. The van der Waals surface area contributed by atoms with E-state index in [4.69, 9.17) is 11.6 Å². The summed E-state index contributed by atoms with van der Waals surface area (Å²) in [6.07, 6.45) is 1.63. The molecule has 108 valence electrons. The lowest BCUT2D eigenvalue weighted by molar-refractivity contribution is 0.111. The SMILES string of the molecule is C.C.Cc1ccc(C=O)cc1.O=Cc1ccc(Cl)cc1. The molecular formula is C17H21ClO2. The van der Waals surface area contributed by atoms with Crippen molar-refractivity contribution in [2.24, 2.45) is 0 Å². The first kappa shape index (κ1) is 20.4. The van der Waals surface area contributed by atoms with Gasteiger partial charge >= 0.3 is 0 Å². The van der Waals surface area contributed by atoms with E-state index in [0.717, 1.165) is 18.1 Å². The lowest BCUT2D eigenvalue weighted by Gasteiger charge is -1.89. The summed E-state index contributed by atoms with van der Waals surface area (Å²) >= 11 is 5.55. The minimum atomic E-state index is 0. The molecule has 2 nitrogen and oxygen atoms in total. The van der Waals surface area contributed by atoms with Crippen molar-refractivity contribution in [2.45, 2.75) is 21.8 Å². The van der Waals surface area contributed by atoms with Gasteiger partial charge in [0.05, 0.1) is 0 Å². The van der Waals surface area contributed by atoms with E-state index in [0.29, 0.717) is 10.6 Å². The van der Waals surface area contributed by atoms with Crippen LogP contribution in [-0.2, 0) is 0 Å². The predicted molar refractivity (Wildman–Crippen MR) is 86.9 cm³/mol. The second kappa shape index (κ2) is 10.9. The monoisotopic (exact) mass is 292 g/mol. The van der Waals surface area contributed by atoms with Gasteiger partial charge in [-0.05, 0) is 19.1 Å². The molecule has 2 aromatic rings. The molecule has 0 aromatic heterocycles. The van der Waals surface area contributed by atoms with Crippen LogP contribution in [0, 0.1) is 6.92 Å². The third-order valence-electron chi connectivity index (χ3n) is 2.22. The quantitative estimate of drug-likeness (QED) is 0.710. The Morgan fingerprint density at radius 2 is 1.10 bits per heavy atom. The minimum Gasteiger partial charge on any atom is -0.298 e. The Morgan fingerprint density at radius 3 is 1.45 bits per heavy atom. The van der Waals surface area contributed by atoms with Crippen LogP contribution < -0.4 is 0 Å². The van der Waals surface area contributed by atoms with Gasteiger partial charge in [-0.1, -0.05) is 68.4 Å². The molecule has 0 unspecified atom stereocenters. The second-order valence-corrected chi connectivity index (χ2v) is 4.13. The van der Waals surface area contributed by atoms with Gasteiger partial charge in [-0.25, -0.2) is 0 Å². The van der Waals surface area contributed by atoms with Gasteiger partial charge in [0.1, 0.15) is 12.6 Å². The molecule has 2 aromatic carbocycles. The zero-order valence-corrected chi connectivity index (χ0v) is 10.7. The van der Waals surface area contributed by atoms with Crippen LogP contribution in [-0.4, -0.2) is 12.6 Å². The van der Waals surface area contributed by atoms with Crippen LogP contribution in [0.25, 0.3) is 0 Å². The summed E-state index contributed by atoms with van der Waals surface area (Å²) in [5, 5.41) is 0.653. The zero-order chi connectivity index (χ0) is 13.4. The molecule has 0 bridgehead atoms. The van der Waals surface area contributed by atoms with Gasteiger partial charge in [0.25, 0.3) is 0 Å². The molecule has 0 amide bonds. The van der Waals surface area contributed by atoms with E-state index in [-0.39, 0.29) is 14.9 Å². The highest BCUT2D eigenvalue weighted by Gasteiger charge is 1.87. The van der Waals surface area contributed by atoms with E-state index in [1.807, 2.05) is 31.2 Å². The highest BCUT2D eigenvalue weighted by Crippen LogP contribution is 2.07. The number of hydrogen-bond acceptors (Lipinski definition) is 2. The van der Waals surface area contributed by atoms with Gasteiger partial charge in [-0.3, -0.25) is 9.59 Å². The highest BCUT2D eigenvalue weighted by atomic mass is 35.5. The number of aldehydes is 2. The Kier molecular flexibility index (Phi) is 11.2. The summed E-state index contributed by atoms with van der Waals surface area (Å²) in [6.45, 7) is 1.99. The Hall–Kier alpha value is -1.93. The normalized spacial score (nSPS) is 8.10. The van der Waals surface area contributed by atoms with Gasteiger partial charge in [-0.2, -0.15) is 0 Å². The van der Waals surface area contributed by atoms with Gasteiger partial charge in [-0.15, -0.1) is 0 Å². The van der Waals surface area contributed by atoms with Crippen molar-refractivity contribution >= 4 is 24.2 Å². The first-order valence-corrected chi connectivity index (χ1v) is 5.76. The lowest BCUT2D eigenvalue weighted by Crippen LogP contribution is -1.77. The smallest absolute Gasteiger partial charge is 0.150 e. The Morgan fingerprint density at radius 1 is 0.750 bits per heavy atom. The molecule has 0 aliphatic carbocycles.